The molecule has 2 aliphatic heterocycles. The minimum atomic E-state index is 0.485. The summed E-state index contributed by atoms with van der Waals surface area (Å²) in [6.07, 6.45) is 3.63. The third-order valence-electron chi connectivity index (χ3n) is 4.27. The summed E-state index contributed by atoms with van der Waals surface area (Å²) in [6.45, 7) is 5.00. The molecule has 3 rings (SSSR count). The van der Waals surface area contributed by atoms with Crippen molar-refractivity contribution in [3.63, 3.8) is 0 Å². The lowest BCUT2D eigenvalue weighted by Crippen LogP contribution is -2.42. The predicted molar refractivity (Wildman–Crippen MR) is 77.6 cm³/mol. The second kappa shape index (κ2) is 6.51. The molecule has 104 valence electrons. The Kier molecular flexibility index (Phi) is 4.49. The van der Waals surface area contributed by atoms with Gasteiger partial charge in [0.2, 0.25) is 0 Å². The van der Waals surface area contributed by atoms with E-state index in [2.05, 4.69) is 34.9 Å². The normalized spacial score (nSPS) is 25.4. The molecular formula is C16H24N2O. The minimum Gasteiger partial charge on any atom is -0.379 e. The van der Waals surface area contributed by atoms with Gasteiger partial charge in [-0.25, -0.2) is 0 Å². The molecule has 2 N–H and O–H groups in total. The maximum absolute atomic E-state index is 5.50. The first-order valence-electron chi connectivity index (χ1n) is 7.52. The fourth-order valence-electron chi connectivity index (χ4n) is 3.12. The maximum atomic E-state index is 5.50. The molecule has 2 fully saturated rings. The number of rotatable bonds is 3. The van der Waals surface area contributed by atoms with Gasteiger partial charge >= 0.3 is 0 Å². The Morgan fingerprint density at radius 1 is 1.05 bits per heavy atom. The molecule has 1 unspecified atom stereocenters. The quantitative estimate of drug-likeness (QED) is 0.867. The zero-order valence-electron chi connectivity index (χ0n) is 11.5. The SMILES string of the molecule is c1cc(C2CCNCC2)ccc1CC1COCCN1. The first-order chi connectivity index (χ1) is 9.42. The van der Waals surface area contributed by atoms with Gasteiger partial charge in [0.15, 0.2) is 0 Å². The van der Waals surface area contributed by atoms with E-state index in [-0.39, 0.29) is 0 Å². The summed E-state index contributed by atoms with van der Waals surface area (Å²) in [5.74, 6) is 0.756. The van der Waals surface area contributed by atoms with Crippen LogP contribution >= 0.6 is 0 Å². The Morgan fingerprint density at radius 3 is 2.53 bits per heavy atom. The lowest BCUT2D eigenvalue weighted by atomic mass is 9.89. The number of ether oxygens (including phenoxy) is 1. The average Bonchev–Trinajstić information content (AvgIpc) is 2.50. The number of piperidine rings is 1. The Morgan fingerprint density at radius 2 is 1.84 bits per heavy atom. The van der Waals surface area contributed by atoms with Crippen LogP contribution in [0.5, 0.6) is 0 Å². The molecule has 19 heavy (non-hydrogen) atoms. The molecule has 0 saturated carbocycles. The van der Waals surface area contributed by atoms with E-state index < -0.39 is 0 Å². The molecular weight excluding hydrogens is 236 g/mol. The summed E-state index contributed by atoms with van der Waals surface area (Å²) >= 11 is 0. The topological polar surface area (TPSA) is 33.3 Å². The first kappa shape index (κ1) is 13.1. The van der Waals surface area contributed by atoms with Crippen molar-refractivity contribution in [2.75, 3.05) is 32.8 Å². The van der Waals surface area contributed by atoms with Crippen LogP contribution in [0.4, 0.5) is 0 Å². The van der Waals surface area contributed by atoms with Crippen molar-refractivity contribution in [1.29, 1.82) is 0 Å². The molecule has 0 spiro atoms. The van der Waals surface area contributed by atoms with E-state index in [9.17, 15) is 0 Å². The highest BCUT2D eigenvalue weighted by molar-refractivity contribution is 5.26. The van der Waals surface area contributed by atoms with Gasteiger partial charge in [-0.05, 0) is 49.4 Å². The van der Waals surface area contributed by atoms with Crippen LogP contribution < -0.4 is 10.6 Å². The van der Waals surface area contributed by atoms with Crippen LogP contribution in [-0.4, -0.2) is 38.9 Å². The van der Waals surface area contributed by atoms with Crippen molar-refractivity contribution < 1.29 is 4.74 Å². The van der Waals surface area contributed by atoms with Crippen molar-refractivity contribution in [3.8, 4) is 0 Å². The van der Waals surface area contributed by atoms with E-state index >= 15 is 0 Å². The molecule has 2 saturated heterocycles. The zero-order valence-corrected chi connectivity index (χ0v) is 11.5. The standard InChI is InChI=1S/C16H24N2O/c1-3-14(15-5-7-17-8-6-15)4-2-13(1)11-16-12-19-10-9-18-16/h1-4,15-18H,5-12H2. The number of hydrogen-bond acceptors (Lipinski definition) is 3. The van der Waals surface area contributed by atoms with Crippen molar-refractivity contribution in [2.24, 2.45) is 0 Å². The van der Waals surface area contributed by atoms with E-state index in [1.807, 2.05) is 0 Å². The minimum absolute atomic E-state index is 0.485. The van der Waals surface area contributed by atoms with Crippen LogP contribution in [0.2, 0.25) is 0 Å². The van der Waals surface area contributed by atoms with Gasteiger partial charge in [-0.3, -0.25) is 0 Å². The summed E-state index contributed by atoms with van der Waals surface area (Å²) in [5, 5.41) is 6.94. The van der Waals surface area contributed by atoms with E-state index in [1.54, 1.807) is 0 Å². The summed E-state index contributed by atoms with van der Waals surface area (Å²) in [7, 11) is 0. The van der Waals surface area contributed by atoms with Crippen LogP contribution in [0.1, 0.15) is 29.9 Å². The van der Waals surface area contributed by atoms with Crippen LogP contribution in [0.3, 0.4) is 0 Å². The van der Waals surface area contributed by atoms with Gasteiger partial charge in [0, 0.05) is 12.6 Å². The molecule has 1 aromatic rings. The van der Waals surface area contributed by atoms with E-state index in [0.717, 1.165) is 45.2 Å². The summed E-state index contributed by atoms with van der Waals surface area (Å²) < 4.78 is 5.50. The summed E-state index contributed by atoms with van der Waals surface area (Å²) in [4.78, 5) is 0. The van der Waals surface area contributed by atoms with Gasteiger partial charge in [-0.15, -0.1) is 0 Å². The second-order valence-corrected chi connectivity index (χ2v) is 5.70. The molecule has 3 nitrogen and oxygen atoms in total. The molecule has 2 aliphatic rings. The van der Waals surface area contributed by atoms with E-state index in [4.69, 9.17) is 4.74 Å². The summed E-state index contributed by atoms with van der Waals surface area (Å²) in [5.41, 5.74) is 2.93. The monoisotopic (exact) mass is 260 g/mol. The summed E-state index contributed by atoms with van der Waals surface area (Å²) in [6, 6.07) is 9.74. The Bertz CT molecular complexity index is 378. The fourth-order valence-corrected chi connectivity index (χ4v) is 3.12. The van der Waals surface area contributed by atoms with Gasteiger partial charge in [0.25, 0.3) is 0 Å². The molecule has 0 aromatic heterocycles. The number of morpholine rings is 1. The molecule has 0 aliphatic carbocycles. The number of nitrogens with one attached hydrogen (secondary N) is 2. The number of hydrogen-bond donors (Lipinski definition) is 2. The van der Waals surface area contributed by atoms with Crippen molar-refractivity contribution in [1.82, 2.24) is 10.6 Å². The van der Waals surface area contributed by atoms with Crippen molar-refractivity contribution in [3.05, 3.63) is 35.4 Å². The lowest BCUT2D eigenvalue weighted by molar-refractivity contribution is 0.0770. The van der Waals surface area contributed by atoms with Gasteiger partial charge < -0.3 is 15.4 Å². The van der Waals surface area contributed by atoms with Gasteiger partial charge in [0.05, 0.1) is 13.2 Å². The highest BCUT2D eigenvalue weighted by atomic mass is 16.5. The van der Waals surface area contributed by atoms with E-state index in [0.29, 0.717) is 6.04 Å². The first-order valence-corrected chi connectivity index (χ1v) is 7.52. The Labute approximate surface area is 115 Å². The van der Waals surface area contributed by atoms with Crippen LogP contribution in [0.25, 0.3) is 0 Å². The molecule has 2 heterocycles. The van der Waals surface area contributed by atoms with Crippen molar-refractivity contribution in [2.45, 2.75) is 31.2 Å². The van der Waals surface area contributed by atoms with Crippen molar-refractivity contribution >= 4 is 0 Å². The lowest BCUT2D eigenvalue weighted by Gasteiger charge is -2.25. The molecule has 1 atom stereocenters. The number of benzene rings is 1. The maximum Gasteiger partial charge on any atom is 0.0623 e. The third kappa shape index (κ3) is 3.56. The molecule has 0 bridgehead atoms. The van der Waals surface area contributed by atoms with E-state index in [1.165, 1.54) is 24.0 Å². The molecule has 1 aromatic carbocycles. The highest BCUT2D eigenvalue weighted by Crippen LogP contribution is 2.25. The molecule has 0 amide bonds. The van der Waals surface area contributed by atoms with Crippen LogP contribution in [-0.2, 0) is 11.2 Å². The Balaban J connectivity index is 1.58. The second-order valence-electron chi connectivity index (χ2n) is 5.70. The predicted octanol–water partition coefficient (Wildman–Crippen LogP) is 1.68. The molecule has 0 radical (unpaired) electrons. The fraction of sp³-hybridized carbons (Fsp3) is 0.625. The zero-order chi connectivity index (χ0) is 12.9. The molecule has 3 heteroatoms. The van der Waals surface area contributed by atoms with Gasteiger partial charge in [0.1, 0.15) is 0 Å². The highest BCUT2D eigenvalue weighted by Gasteiger charge is 2.16. The third-order valence-corrected chi connectivity index (χ3v) is 4.27. The van der Waals surface area contributed by atoms with Crippen LogP contribution in [0.15, 0.2) is 24.3 Å². The van der Waals surface area contributed by atoms with Gasteiger partial charge in [-0.1, -0.05) is 24.3 Å². The largest absolute Gasteiger partial charge is 0.379 e. The average molecular weight is 260 g/mol. The van der Waals surface area contributed by atoms with Crippen LogP contribution in [0, 0.1) is 0 Å². The van der Waals surface area contributed by atoms with Gasteiger partial charge in [-0.2, -0.15) is 0 Å². The Hall–Kier alpha value is -0.900. The smallest absolute Gasteiger partial charge is 0.0623 e.